The summed E-state index contributed by atoms with van der Waals surface area (Å²) in [4.78, 5) is 15.0. The zero-order valence-corrected chi connectivity index (χ0v) is 20.0. The van der Waals surface area contributed by atoms with Crippen LogP contribution in [0.5, 0.6) is 0 Å². The average molecular weight is 489 g/mol. The predicted octanol–water partition coefficient (Wildman–Crippen LogP) is 5.55. The Labute approximate surface area is 198 Å². The molecule has 3 aromatic carbocycles. The van der Waals surface area contributed by atoms with E-state index in [4.69, 9.17) is 23.2 Å². The van der Waals surface area contributed by atoms with Gasteiger partial charge >= 0.3 is 0 Å². The molecular formula is C24H22Cl2N2O3S. The van der Waals surface area contributed by atoms with Crippen molar-refractivity contribution in [2.24, 2.45) is 0 Å². The lowest BCUT2D eigenvalue weighted by Gasteiger charge is -2.25. The summed E-state index contributed by atoms with van der Waals surface area (Å²) in [6.07, 6.45) is 1.94. The van der Waals surface area contributed by atoms with Crippen molar-refractivity contribution in [2.45, 2.75) is 25.9 Å². The molecule has 0 saturated heterocycles. The first-order valence-corrected chi connectivity index (χ1v) is 12.7. The Kier molecular flexibility index (Phi) is 6.21. The van der Waals surface area contributed by atoms with Crippen molar-refractivity contribution in [1.29, 1.82) is 0 Å². The number of halogens is 2. The highest BCUT2D eigenvalue weighted by Crippen LogP contribution is 2.35. The second kappa shape index (κ2) is 8.77. The molecule has 3 aromatic rings. The molecule has 1 heterocycles. The number of para-hydroxylation sites is 1. The maximum Gasteiger partial charge on any atom is 0.258 e. The number of nitrogens with zero attached hydrogens (tertiary/aromatic N) is 2. The molecule has 8 heteroatoms. The Morgan fingerprint density at radius 3 is 2.41 bits per heavy atom. The summed E-state index contributed by atoms with van der Waals surface area (Å²) in [7, 11) is -3.62. The molecule has 0 radical (unpaired) electrons. The molecule has 0 N–H and O–H groups in total. The lowest BCUT2D eigenvalue weighted by molar-refractivity contribution is 0.0981. The van der Waals surface area contributed by atoms with Crippen molar-refractivity contribution in [2.75, 3.05) is 15.5 Å². The minimum absolute atomic E-state index is 0.0658. The summed E-state index contributed by atoms with van der Waals surface area (Å²) in [5.74, 6) is -0.0770. The number of fused-ring (bicyclic) bond motifs is 1. The molecule has 1 unspecified atom stereocenters. The average Bonchev–Trinajstić information content (AvgIpc) is 3.09. The van der Waals surface area contributed by atoms with Gasteiger partial charge in [0, 0.05) is 17.3 Å². The van der Waals surface area contributed by atoms with Gasteiger partial charge in [0.25, 0.3) is 5.91 Å². The van der Waals surface area contributed by atoms with Crippen molar-refractivity contribution in [1.82, 2.24) is 0 Å². The van der Waals surface area contributed by atoms with Gasteiger partial charge in [-0.25, -0.2) is 8.42 Å². The van der Waals surface area contributed by atoms with Crippen molar-refractivity contribution < 1.29 is 13.2 Å². The molecule has 0 fully saturated rings. The molecule has 166 valence electrons. The van der Waals surface area contributed by atoms with Crippen LogP contribution < -0.4 is 9.21 Å². The third kappa shape index (κ3) is 4.35. The summed E-state index contributed by atoms with van der Waals surface area (Å²) >= 11 is 12.3. The summed E-state index contributed by atoms with van der Waals surface area (Å²) in [5, 5.41) is 0.451. The normalized spacial score (nSPS) is 15.5. The lowest BCUT2D eigenvalue weighted by atomic mass is 10.1. The second-order valence-electron chi connectivity index (χ2n) is 7.90. The van der Waals surface area contributed by atoms with Gasteiger partial charge in [-0.15, -0.1) is 0 Å². The van der Waals surface area contributed by atoms with Crippen LogP contribution in [0.4, 0.5) is 11.4 Å². The van der Waals surface area contributed by atoms with Gasteiger partial charge in [-0.3, -0.25) is 9.10 Å². The first kappa shape index (κ1) is 22.6. The van der Waals surface area contributed by atoms with E-state index in [0.717, 1.165) is 29.5 Å². The van der Waals surface area contributed by atoms with E-state index in [0.29, 0.717) is 11.3 Å². The molecule has 1 aliphatic rings. The number of rotatable bonds is 5. The lowest BCUT2D eigenvalue weighted by Crippen LogP contribution is -2.35. The quantitative estimate of drug-likeness (QED) is 0.472. The second-order valence-corrected chi connectivity index (χ2v) is 10.6. The highest BCUT2D eigenvalue weighted by molar-refractivity contribution is 7.92. The Balaban J connectivity index is 1.59. The van der Waals surface area contributed by atoms with E-state index in [1.54, 1.807) is 42.5 Å². The van der Waals surface area contributed by atoms with E-state index in [2.05, 4.69) is 0 Å². The van der Waals surface area contributed by atoms with Gasteiger partial charge in [0.2, 0.25) is 10.0 Å². The Morgan fingerprint density at radius 1 is 1.03 bits per heavy atom. The van der Waals surface area contributed by atoms with Gasteiger partial charge in [-0.05, 0) is 54.8 Å². The third-order valence-corrected chi connectivity index (χ3v) is 7.49. The molecule has 0 bridgehead atoms. The van der Waals surface area contributed by atoms with Crippen LogP contribution in [0, 0.1) is 0 Å². The molecular weight excluding hydrogens is 467 g/mol. The molecule has 1 amide bonds. The van der Waals surface area contributed by atoms with E-state index < -0.39 is 10.0 Å². The molecule has 0 saturated carbocycles. The number of anilines is 2. The molecule has 1 aliphatic heterocycles. The van der Waals surface area contributed by atoms with Crippen molar-refractivity contribution in [3.8, 4) is 0 Å². The fourth-order valence-electron chi connectivity index (χ4n) is 4.00. The first-order chi connectivity index (χ1) is 15.2. The van der Waals surface area contributed by atoms with E-state index in [1.165, 1.54) is 4.31 Å². The largest absolute Gasteiger partial charge is 0.305 e. The zero-order valence-electron chi connectivity index (χ0n) is 17.6. The number of hydrogen-bond donors (Lipinski definition) is 0. The molecule has 0 aromatic heterocycles. The van der Waals surface area contributed by atoms with Crippen LogP contribution in [-0.4, -0.2) is 26.6 Å². The number of hydrogen-bond acceptors (Lipinski definition) is 3. The minimum atomic E-state index is -3.62. The van der Waals surface area contributed by atoms with E-state index >= 15 is 0 Å². The molecule has 4 rings (SSSR count). The van der Waals surface area contributed by atoms with Crippen LogP contribution in [0.15, 0.2) is 66.7 Å². The molecule has 0 spiro atoms. The number of carbonyl (C=O) groups is 1. The monoisotopic (exact) mass is 488 g/mol. The Hall–Kier alpha value is -2.54. The van der Waals surface area contributed by atoms with E-state index in [-0.39, 0.29) is 28.5 Å². The van der Waals surface area contributed by atoms with Crippen LogP contribution in [0.3, 0.4) is 0 Å². The van der Waals surface area contributed by atoms with Crippen LogP contribution in [0.1, 0.15) is 28.4 Å². The summed E-state index contributed by atoms with van der Waals surface area (Å²) in [6.45, 7) is 2.10. The van der Waals surface area contributed by atoms with Crippen LogP contribution in [0.25, 0.3) is 0 Å². The van der Waals surface area contributed by atoms with Gasteiger partial charge in [-0.2, -0.15) is 0 Å². The van der Waals surface area contributed by atoms with Gasteiger partial charge in [0.05, 0.1) is 28.5 Å². The third-order valence-electron chi connectivity index (χ3n) is 5.55. The molecule has 0 aliphatic carbocycles. The predicted molar refractivity (Wildman–Crippen MR) is 130 cm³/mol. The number of benzene rings is 3. The van der Waals surface area contributed by atoms with Gasteiger partial charge in [-0.1, -0.05) is 59.6 Å². The first-order valence-electron chi connectivity index (χ1n) is 10.1. The van der Waals surface area contributed by atoms with Gasteiger partial charge in [0.15, 0.2) is 0 Å². The smallest absolute Gasteiger partial charge is 0.258 e. The Morgan fingerprint density at radius 2 is 1.72 bits per heavy atom. The zero-order chi connectivity index (χ0) is 23.0. The fourth-order valence-corrected chi connectivity index (χ4v) is 5.34. The van der Waals surface area contributed by atoms with Crippen LogP contribution >= 0.6 is 23.2 Å². The summed E-state index contributed by atoms with van der Waals surface area (Å²) in [6, 6.07) is 19.8. The van der Waals surface area contributed by atoms with Gasteiger partial charge < -0.3 is 4.90 Å². The fraction of sp³-hybridized carbons (Fsp3) is 0.208. The maximum absolute atomic E-state index is 13.2. The molecule has 1 atom stereocenters. The topological polar surface area (TPSA) is 57.7 Å². The molecule has 32 heavy (non-hydrogen) atoms. The highest BCUT2D eigenvalue weighted by Gasteiger charge is 2.31. The maximum atomic E-state index is 13.2. The van der Waals surface area contributed by atoms with Crippen molar-refractivity contribution in [3.63, 3.8) is 0 Å². The summed E-state index contributed by atoms with van der Waals surface area (Å²) < 4.78 is 26.1. The van der Waals surface area contributed by atoms with Crippen LogP contribution in [-0.2, 0) is 23.0 Å². The Bertz CT molecular complexity index is 1280. The molecule has 5 nitrogen and oxygen atoms in total. The minimum Gasteiger partial charge on any atom is -0.305 e. The van der Waals surface area contributed by atoms with Crippen molar-refractivity contribution in [3.05, 3.63) is 93.5 Å². The number of sulfonamides is 1. The van der Waals surface area contributed by atoms with Gasteiger partial charge in [0.1, 0.15) is 0 Å². The number of carbonyl (C=O) groups excluding carboxylic acids is 1. The number of amides is 1. The highest BCUT2D eigenvalue weighted by atomic mass is 35.5. The van der Waals surface area contributed by atoms with E-state index in [1.807, 2.05) is 36.1 Å². The standard InChI is InChI=1S/C24H22Cl2N2O3S/c1-16-14-19-6-3-4-8-21(19)28(16)24(29)18-12-10-17(11-13-18)15-27(32(2,30)31)22-9-5-7-20(25)23(22)26/h3-13,16H,14-15H2,1-2H3. The summed E-state index contributed by atoms with van der Waals surface area (Å²) in [5.41, 5.74) is 3.67. The SMILES string of the molecule is CC1Cc2ccccc2N1C(=O)c1ccc(CN(c2cccc(Cl)c2Cl)S(C)(=O)=O)cc1. The van der Waals surface area contributed by atoms with Crippen molar-refractivity contribution >= 4 is 50.5 Å². The van der Waals surface area contributed by atoms with E-state index in [9.17, 15) is 13.2 Å². The van der Waals surface area contributed by atoms with Crippen LogP contribution in [0.2, 0.25) is 10.0 Å².